The van der Waals surface area contributed by atoms with Crippen LogP contribution in [0.4, 0.5) is 0 Å². The van der Waals surface area contributed by atoms with E-state index >= 15 is 0 Å². The van der Waals surface area contributed by atoms with Crippen molar-refractivity contribution in [2.24, 2.45) is 5.92 Å². The van der Waals surface area contributed by atoms with E-state index in [0.29, 0.717) is 0 Å². The van der Waals surface area contributed by atoms with Crippen LogP contribution < -0.4 is 10.1 Å². The number of amides is 1. The maximum absolute atomic E-state index is 12.3. The van der Waals surface area contributed by atoms with E-state index in [1.165, 1.54) is 18.4 Å². The number of nitrogens with one attached hydrogen (secondary N) is 1. The van der Waals surface area contributed by atoms with Crippen LogP contribution in [0, 0.1) is 5.92 Å². The summed E-state index contributed by atoms with van der Waals surface area (Å²) in [7, 11) is 1.69. The molecule has 1 aromatic carbocycles. The summed E-state index contributed by atoms with van der Waals surface area (Å²) in [5, 5.41) is 3.07. The summed E-state index contributed by atoms with van der Waals surface area (Å²) in [5.74, 6) is 1.72. The first-order valence-electron chi connectivity index (χ1n) is 9.97. The Kier molecular flexibility index (Phi) is 5.18. The average molecular weight is 358 g/mol. The summed E-state index contributed by atoms with van der Waals surface area (Å²) in [6.45, 7) is 3.86. The molecule has 4 rings (SSSR count). The molecular weight excluding hydrogens is 328 g/mol. The second-order valence-electron chi connectivity index (χ2n) is 8.14. The lowest BCUT2D eigenvalue weighted by Crippen LogP contribution is -2.45. The maximum Gasteiger partial charge on any atom is 0.249 e. The molecule has 0 unspecified atom stereocenters. The van der Waals surface area contributed by atoms with E-state index in [9.17, 15) is 4.79 Å². The van der Waals surface area contributed by atoms with Gasteiger partial charge < -0.3 is 14.8 Å². The molecule has 26 heavy (non-hydrogen) atoms. The summed E-state index contributed by atoms with van der Waals surface area (Å²) in [6.07, 6.45) is 6.23. The molecule has 3 aliphatic rings. The predicted octanol–water partition coefficient (Wildman–Crippen LogP) is 2.74. The molecule has 142 valence electrons. The highest BCUT2D eigenvalue weighted by Gasteiger charge is 2.44. The van der Waals surface area contributed by atoms with E-state index in [1.54, 1.807) is 7.11 Å². The van der Waals surface area contributed by atoms with Gasteiger partial charge in [0.1, 0.15) is 11.9 Å². The lowest BCUT2D eigenvalue weighted by Gasteiger charge is -2.39. The Morgan fingerprint density at radius 2 is 1.92 bits per heavy atom. The molecule has 1 N–H and O–H groups in total. The van der Waals surface area contributed by atoms with Crippen molar-refractivity contribution in [2.45, 2.75) is 56.8 Å². The van der Waals surface area contributed by atoms with E-state index in [1.807, 2.05) is 12.1 Å². The summed E-state index contributed by atoms with van der Waals surface area (Å²) in [4.78, 5) is 14.8. The smallest absolute Gasteiger partial charge is 0.249 e. The number of rotatable bonds is 6. The maximum atomic E-state index is 12.3. The normalized spacial score (nSPS) is 25.3. The molecule has 1 aliphatic carbocycles. The number of piperidine rings is 1. The average Bonchev–Trinajstić information content (AvgIpc) is 3.42. The Morgan fingerprint density at radius 3 is 2.58 bits per heavy atom. The minimum atomic E-state index is -0.234. The minimum Gasteiger partial charge on any atom is -0.497 e. The van der Waals surface area contributed by atoms with Gasteiger partial charge in [-0.3, -0.25) is 9.69 Å². The van der Waals surface area contributed by atoms with Gasteiger partial charge in [0.2, 0.25) is 5.91 Å². The molecule has 5 nitrogen and oxygen atoms in total. The number of methoxy groups -OCH3 is 1. The van der Waals surface area contributed by atoms with Crippen LogP contribution in [0.15, 0.2) is 24.3 Å². The molecule has 5 heteroatoms. The quantitative estimate of drug-likeness (QED) is 0.850. The van der Waals surface area contributed by atoms with Gasteiger partial charge in [0.15, 0.2) is 0 Å². The molecule has 1 amide bonds. The van der Waals surface area contributed by atoms with Crippen molar-refractivity contribution in [3.05, 3.63) is 29.8 Å². The molecule has 1 saturated carbocycles. The third-order valence-corrected chi connectivity index (χ3v) is 6.14. The Morgan fingerprint density at radius 1 is 1.19 bits per heavy atom. The van der Waals surface area contributed by atoms with Crippen molar-refractivity contribution < 1.29 is 14.3 Å². The minimum absolute atomic E-state index is 0.0714. The highest BCUT2D eigenvalue weighted by Crippen LogP contribution is 2.39. The zero-order valence-electron chi connectivity index (χ0n) is 15.7. The van der Waals surface area contributed by atoms with Gasteiger partial charge in [-0.1, -0.05) is 12.1 Å². The van der Waals surface area contributed by atoms with Crippen molar-refractivity contribution in [1.82, 2.24) is 10.2 Å². The Labute approximate surface area is 156 Å². The number of carbonyl (C=O) groups is 1. The van der Waals surface area contributed by atoms with Crippen LogP contribution in [0.25, 0.3) is 0 Å². The van der Waals surface area contributed by atoms with Crippen molar-refractivity contribution in [2.75, 3.05) is 26.7 Å². The fourth-order valence-electron chi connectivity index (χ4n) is 4.15. The Balaban J connectivity index is 1.24. The molecule has 3 fully saturated rings. The second-order valence-corrected chi connectivity index (χ2v) is 8.14. The fraction of sp³-hybridized carbons (Fsp3) is 0.667. The standard InChI is InChI=1S/C21H30N2O3/c1-25-18-6-4-17(5-7-18)15-23-12-10-21(11-13-23)9-8-19(26-21)20(24)22-14-16-2-3-16/h4-7,16,19H,2-3,8-15H2,1H3,(H,22,24)/t19-/m0/s1. The molecule has 2 aliphatic heterocycles. The number of likely N-dealkylation sites (tertiary alicyclic amines) is 1. The molecule has 0 radical (unpaired) electrons. The van der Waals surface area contributed by atoms with Gasteiger partial charge in [-0.05, 0) is 62.1 Å². The van der Waals surface area contributed by atoms with Gasteiger partial charge in [-0.15, -0.1) is 0 Å². The van der Waals surface area contributed by atoms with Crippen LogP contribution in [0.3, 0.4) is 0 Å². The molecule has 2 saturated heterocycles. The molecular formula is C21H30N2O3. The lowest BCUT2D eigenvalue weighted by molar-refractivity contribution is -0.140. The van der Waals surface area contributed by atoms with Gasteiger partial charge in [-0.2, -0.15) is 0 Å². The zero-order chi connectivity index (χ0) is 18.0. The molecule has 1 spiro atoms. The van der Waals surface area contributed by atoms with Crippen molar-refractivity contribution in [1.29, 1.82) is 0 Å². The van der Waals surface area contributed by atoms with E-state index in [0.717, 1.165) is 63.5 Å². The predicted molar refractivity (Wildman–Crippen MR) is 100 cm³/mol. The van der Waals surface area contributed by atoms with Crippen LogP contribution in [0.5, 0.6) is 5.75 Å². The summed E-state index contributed by atoms with van der Waals surface area (Å²) in [6, 6.07) is 8.31. The number of hydrogen-bond donors (Lipinski definition) is 1. The van der Waals surface area contributed by atoms with Crippen LogP contribution in [0.2, 0.25) is 0 Å². The van der Waals surface area contributed by atoms with Gasteiger partial charge in [-0.25, -0.2) is 0 Å². The first-order chi connectivity index (χ1) is 12.7. The number of nitrogens with zero attached hydrogens (tertiary/aromatic N) is 1. The third kappa shape index (κ3) is 4.21. The van der Waals surface area contributed by atoms with Gasteiger partial charge in [0.25, 0.3) is 0 Å². The number of carbonyl (C=O) groups excluding carboxylic acids is 1. The van der Waals surface area contributed by atoms with Crippen LogP contribution in [0.1, 0.15) is 44.1 Å². The highest BCUT2D eigenvalue weighted by molar-refractivity contribution is 5.81. The van der Waals surface area contributed by atoms with Crippen molar-refractivity contribution >= 4 is 5.91 Å². The molecule has 2 heterocycles. The third-order valence-electron chi connectivity index (χ3n) is 6.14. The first-order valence-corrected chi connectivity index (χ1v) is 9.97. The van der Waals surface area contributed by atoms with Gasteiger partial charge in [0, 0.05) is 26.2 Å². The highest BCUT2D eigenvalue weighted by atomic mass is 16.5. The van der Waals surface area contributed by atoms with Crippen LogP contribution in [-0.2, 0) is 16.1 Å². The van der Waals surface area contributed by atoms with E-state index in [2.05, 4.69) is 22.3 Å². The number of ether oxygens (including phenoxy) is 2. The van der Waals surface area contributed by atoms with Gasteiger partial charge in [0.05, 0.1) is 12.7 Å². The summed E-state index contributed by atoms with van der Waals surface area (Å²) < 4.78 is 11.5. The fourth-order valence-corrected chi connectivity index (χ4v) is 4.15. The summed E-state index contributed by atoms with van der Waals surface area (Å²) >= 11 is 0. The van der Waals surface area contributed by atoms with E-state index < -0.39 is 0 Å². The largest absolute Gasteiger partial charge is 0.497 e. The first kappa shape index (κ1) is 17.8. The van der Waals surface area contributed by atoms with Crippen molar-refractivity contribution in [3.8, 4) is 5.75 Å². The van der Waals surface area contributed by atoms with Crippen LogP contribution >= 0.6 is 0 Å². The van der Waals surface area contributed by atoms with Gasteiger partial charge >= 0.3 is 0 Å². The Hall–Kier alpha value is -1.59. The zero-order valence-corrected chi connectivity index (χ0v) is 15.7. The number of benzene rings is 1. The van der Waals surface area contributed by atoms with Crippen LogP contribution in [-0.4, -0.2) is 49.3 Å². The molecule has 0 aromatic heterocycles. The number of hydrogen-bond acceptors (Lipinski definition) is 4. The monoisotopic (exact) mass is 358 g/mol. The molecule has 0 bridgehead atoms. The Bertz CT molecular complexity index is 619. The molecule has 1 aromatic rings. The SMILES string of the molecule is COc1ccc(CN2CCC3(CC[C@@H](C(=O)NCC4CC4)O3)CC2)cc1. The van der Waals surface area contributed by atoms with Crippen molar-refractivity contribution in [3.63, 3.8) is 0 Å². The second kappa shape index (κ2) is 7.57. The lowest BCUT2D eigenvalue weighted by atomic mass is 9.88. The molecule has 1 atom stereocenters. The topological polar surface area (TPSA) is 50.8 Å². The van der Waals surface area contributed by atoms with E-state index in [4.69, 9.17) is 9.47 Å². The summed E-state index contributed by atoms with van der Waals surface area (Å²) in [5.41, 5.74) is 1.24. The van der Waals surface area contributed by atoms with E-state index in [-0.39, 0.29) is 17.6 Å².